The molecule has 1 fully saturated rings. The molecule has 1 aromatic heterocycles. The molecule has 1 saturated carbocycles. The van der Waals surface area contributed by atoms with Crippen molar-refractivity contribution in [2.45, 2.75) is 38.3 Å². The normalized spacial score (nSPS) is 14.8. The summed E-state index contributed by atoms with van der Waals surface area (Å²) in [7, 11) is 0. The fourth-order valence-corrected chi connectivity index (χ4v) is 3.61. The number of nitrogens with zero attached hydrogens (tertiary/aromatic N) is 2. The highest BCUT2D eigenvalue weighted by molar-refractivity contribution is 6.42. The number of carbonyl (C=O) groups is 1. The molecule has 1 amide bonds. The largest absolute Gasteiger partial charge is 0.434 e. The number of amides is 1. The lowest BCUT2D eigenvalue weighted by molar-refractivity contribution is -0.141. The first-order valence-corrected chi connectivity index (χ1v) is 9.94. The van der Waals surface area contributed by atoms with Crippen molar-refractivity contribution in [1.29, 1.82) is 0 Å². The summed E-state index contributed by atoms with van der Waals surface area (Å²) in [6.07, 6.45) is 1.35. The monoisotopic (exact) mass is 446 g/mol. The van der Waals surface area contributed by atoms with E-state index in [0.717, 1.165) is 38.3 Å². The molecule has 2 aromatic rings. The van der Waals surface area contributed by atoms with Gasteiger partial charge in [0, 0.05) is 18.4 Å². The molecule has 0 saturated heterocycles. The van der Waals surface area contributed by atoms with Gasteiger partial charge in [0.05, 0.1) is 15.6 Å². The van der Waals surface area contributed by atoms with Crippen molar-refractivity contribution < 1.29 is 18.0 Å². The van der Waals surface area contributed by atoms with E-state index < -0.39 is 23.3 Å². The van der Waals surface area contributed by atoms with Gasteiger partial charge in [-0.05, 0) is 30.5 Å². The predicted octanol–water partition coefficient (Wildman–Crippen LogP) is 5.86. The van der Waals surface area contributed by atoms with Crippen LogP contribution in [0.15, 0.2) is 24.4 Å². The fraction of sp³-hybridized carbons (Fsp3) is 0.421. The highest BCUT2D eigenvalue weighted by Crippen LogP contribution is 2.32. The van der Waals surface area contributed by atoms with E-state index in [2.05, 4.69) is 20.6 Å². The van der Waals surface area contributed by atoms with Gasteiger partial charge in [-0.3, -0.25) is 4.79 Å². The Morgan fingerprint density at radius 1 is 1.17 bits per heavy atom. The van der Waals surface area contributed by atoms with Gasteiger partial charge in [-0.1, -0.05) is 48.9 Å². The first-order valence-electron chi connectivity index (χ1n) is 9.18. The molecule has 0 aliphatic heterocycles. The van der Waals surface area contributed by atoms with E-state index in [1.54, 1.807) is 0 Å². The fourth-order valence-electron chi connectivity index (χ4n) is 3.31. The van der Waals surface area contributed by atoms with Gasteiger partial charge in [-0.15, -0.1) is 0 Å². The molecule has 0 unspecified atom stereocenters. The van der Waals surface area contributed by atoms with Crippen molar-refractivity contribution in [3.8, 4) is 0 Å². The molecule has 5 nitrogen and oxygen atoms in total. The summed E-state index contributed by atoms with van der Waals surface area (Å²) < 4.78 is 40.4. The van der Waals surface area contributed by atoms with Crippen LogP contribution in [-0.2, 0) is 6.18 Å². The number of carbonyl (C=O) groups excluding carboxylic acids is 1. The van der Waals surface area contributed by atoms with Gasteiger partial charge in [-0.2, -0.15) is 13.2 Å². The van der Waals surface area contributed by atoms with Crippen LogP contribution in [0.3, 0.4) is 0 Å². The summed E-state index contributed by atoms with van der Waals surface area (Å²) >= 11 is 11.7. The highest BCUT2D eigenvalue weighted by atomic mass is 35.5. The lowest BCUT2D eigenvalue weighted by Gasteiger charge is -2.14. The third kappa shape index (κ3) is 5.73. The van der Waals surface area contributed by atoms with Gasteiger partial charge >= 0.3 is 6.18 Å². The molecule has 29 heavy (non-hydrogen) atoms. The number of rotatable bonds is 6. The quantitative estimate of drug-likeness (QED) is 0.583. The van der Waals surface area contributed by atoms with Crippen molar-refractivity contribution in [2.75, 3.05) is 11.9 Å². The van der Waals surface area contributed by atoms with Crippen molar-refractivity contribution in [3.05, 3.63) is 45.7 Å². The van der Waals surface area contributed by atoms with E-state index in [0.29, 0.717) is 23.2 Å². The average molecular weight is 447 g/mol. The van der Waals surface area contributed by atoms with Crippen molar-refractivity contribution in [1.82, 2.24) is 15.3 Å². The Bertz CT molecular complexity index is 886. The first kappa shape index (κ1) is 21.6. The molecule has 1 aliphatic carbocycles. The van der Waals surface area contributed by atoms with E-state index in [1.807, 2.05) is 0 Å². The van der Waals surface area contributed by atoms with E-state index in [-0.39, 0.29) is 11.0 Å². The minimum Gasteiger partial charge on any atom is -0.352 e. The lowest BCUT2D eigenvalue weighted by atomic mass is 10.0. The van der Waals surface area contributed by atoms with Gasteiger partial charge < -0.3 is 10.6 Å². The van der Waals surface area contributed by atoms with Crippen molar-refractivity contribution in [3.63, 3.8) is 0 Å². The molecule has 0 spiro atoms. The van der Waals surface area contributed by atoms with Crippen LogP contribution < -0.4 is 10.6 Å². The predicted molar refractivity (Wildman–Crippen MR) is 106 cm³/mol. The van der Waals surface area contributed by atoms with E-state index in [4.69, 9.17) is 23.2 Å². The molecule has 1 heterocycles. The summed E-state index contributed by atoms with van der Waals surface area (Å²) in [5.41, 5.74) is -1.54. The zero-order valence-corrected chi connectivity index (χ0v) is 16.8. The second-order valence-corrected chi connectivity index (χ2v) is 7.72. The zero-order valence-electron chi connectivity index (χ0n) is 15.3. The number of benzene rings is 1. The van der Waals surface area contributed by atoms with Crippen LogP contribution in [0.1, 0.15) is 48.2 Å². The molecule has 1 aliphatic rings. The Morgan fingerprint density at radius 3 is 2.55 bits per heavy atom. The summed E-state index contributed by atoms with van der Waals surface area (Å²) in [6.45, 7) is 0.323. The second-order valence-electron chi connectivity index (χ2n) is 6.90. The van der Waals surface area contributed by atoms with Crippen LogP contribution in [-0.4, -0.2) is 22.4 Å². The number of hydrogen-bond acceptors (Lipinski definition) is 4. The van der Waals surface area contributed by atoms with Gasteiger partial charge in [0.1, 0.15) is 0 Å². The summed E-state index contributed by atoms with van der Waals surface area (Å²) in [4.78, 5) is 19.7. The maximum atomic E-state index is 13.5. The summed E-state index contributed by atoms with van der Waals surface area (Å²) in [5, 5.41) is 5.72. The maximum Gasteiger partial charge on any atom is 0.434 e. The number of nitrogens with one attached hydrogen (secondary N) is 2. The molecule has 156 valence electrons. The number of anilines is 2. The van der Waals surface area contributed by atoms with Gasteiger partial charge in [0.2, 0.25) is 5.95 Å². The van der Waals surface area contributed by atoms with Gasteiger partial charge in [-0.25, -0.2) is 9.97 Å². The molecule has 2 N–H and O–H groups in total. The second kappa shape index (κ2) is 9.17. The van der Waals surface area contributed by atoms with Crippen LogP contribution in [0.25, 0.3) is 0 Å². The Kier molecular flexibility index (Phi) is 6.85. The minimum atomic E-state index is -4.81. The Balaban J connectivity index is 1.74. The van der Waals surface area contributed by atoms with E-state index in [9.17, 15) is 18.0 Å². The topological polar surface area (TPSA) is 66.9 Å². The Hall–Kier alpha value is -2.06. The maximum absolute atomic E-state index is 13.5. The SMILES string of the molecule is O=C(NCCC1CCCC1)c1cnc(Nc2ccc(Cl)c(Cl)c2)nc1C(F)(F)F. The molecule has 0 bridgehead atoms. The first-order chi connectivity index (χ1) is 13.7. The zero-order chi connectivity index (χ0) is 21.0. The van der Waals surface area contributed by atoms with Gasteiger partial charge in [0.25, 0.3) is 5.91 Å². The highest BCUT2D eigenvalue weighted by Gasteiger charge is 2.38. The van der Waals surface area contributed by atoms with Crippen LogP contribution >= 0.6 is 23.2 Å². The smallest absolute Gasteiger partial charge is 0.352 e. The van der Waals surface area contributed by atoms with Crippen LogP contribution in [0.5, 0.6) is 0 Å². The Labute approximate surface area is 176 Å². The van der Waals surface area contributed by atoms with Crippen LogP contribution in [0, 0.1) is 5.92 Å². The minimum absolute atomic E-state index is 0.228. The molecule has 1 aromatic carbocycles. The molecule has 3 rings (SSSR count). The number of halogens is 5. The molecular formula is C19H19Cl2F3N4O. The number of hydrogen-bond donors (Lipinski definition) is 2. The Morgan fingerprint density at radius 2 is 1.90 bits per heavy atom. The van der Waals surface area contributed by atoms with E-state index in [1.165, 1.54) is 18.2 Å². The lowest BCUT2D eigenvalue weighted by Crippen LogP contribution is -2.29. The average Bonchev–Trinajstić information content (AvgIpc) is 3.17. The third-order valence-corrected chi connectivity index (χ3v) is 5.53. The van der Waals surface area contributed by atoms with E-state index >= 15 is 0 Å². The standard InChI is InChI=1S/C19H19Cl2F3N4O/c20-14-6-5-12(9-15(14)21)27-18-26-10-13(16(28-18)19(22,23)24)17(29)25-8-7-11-3-1-2-4-11/h5-6,9-11H,1-4,7-8H2,(H,25,29)(H,26,27,28). The number of aromatic nitrogens is 2. The molecule has 0 atom stereocenters. The molecule has 10 heteroatoms. The van der Waals surface area contributed by atoms with Crippen molar-refractivity contribution >= 4 is 40.7 Å². The molecular weight excluding hydrogens is 428 g/mol. The third-order valence-electron chi connectivity index (χ3n) is 4.79. The summed E-state index contributed by atoms with van der Waals surface area (Å²) in [6, 6.07) is 4.45. The van der Waals surface area contributed by atoms with Crippen LogP contribution in [0.4, 0.5) is 24.8 Å². The number of alkyl halides is 3. The van der Waals surface area contributed by atoms with Crippen molar-refractivity contribution in [2.24, 2.45) is 5.92 Å². The van der Waals surface area contributed by atoms with Gasteiger partial charge in [0.15, 0.2) is 5.69 Å². The summed E-state index contributed by atoms with van der Waals surface area (Å²) in [5.74, 6) is -0.624. The molecule has 0 radical (unpaired) electrons. The van der Waals surface area contributed by atoms with Crippen LogP contribution in [0.2, 0.25) is 10.0 Å².